The van der Waals surface area contributed by atoms with E-state index in [4.69, 9.17) is 0 Å². The molecule has 0 aliphatic carbocycles. The van der Waals surface area contributed by atoms with Crippen molar-refractivity contribution in [3.63, 3.8) is 0 Å². The fraction of sp³-hybridized carbons (Fsp3) is 0.500. The average molecular weight is 153 g/mol. The molecular formula is C8H11NO2. The first-order chi connectivity index (χ1) is 5.25. The zero-order valence-electron chi connectivity index (χ0n) is 6.38. The summed E-state index contributed by atoms with van der Waals surface area (Å²) in [4.78, 5) is 23.4. The van der Waals surface area contributed by atoms with Crippen LogP contribution in [0.3, 0.4) is 0 Å². The van der Waals surface area contributed by atoms with E-state index < -0.39 is 0 Å². The molecule has 0 unspecified atom stereocenters. The predicted molar refractivity (Wildman–Crippen MR) is 40.8 cm³/mol. The summed E-state index contributed by atoms with van der Waals surface area (Å²) in [5.41, 5.74) is 0. The topological polar surface area (TPSA) is 37.4 Å². The molecule has 0 aromatic rings. The SMILES string of the molecule is C=CCN1C(=O)CCCC1=O. The quantitative estimate of drug-likeness (QED) is 0.433. The second-order valence-corrected chi connectivity index (χ2v) is 2.54. The molecule has 0 radical (unpaired) electrons. The molecule has 3 heteroatoms. The highest BCUT2D eigenvalue weighted by Crippen LogP contribution is 2.11. The van der Waals surface area contributed by atoms with Crippen molar-refractivity contribution in [1.82, 2.24) is 4.90 Å². The Labute approximate surface area is 65.7 Å². The van der Waals surface area contributed by atoms with Gasteiger partial charge in [-0.1, -0.05) is 6.08 Å². The summed E-state index contributed by atoms with van der Waals surface area (Å²) in [5.74, 6) is -0.137. The number of rotatable bonds is 2. The molecule has 3 nitrogen and oxygen atoms in total. The molecule has 0 saturated carbocycles. The number of imide groups is 1. The van der Waals surface area contributed by atoms with Crippen LogP contribution in [0.4, 0.5) is 0 Å². The number of piperidine rings is 1. The van der Waals surface area contributed by atoms with Gasteiger partial charge in [-0.05, 0) is 6.42 Å². The second kappa shape index (κ2) is 3.32. The first kappa shape index (κ1) is 7.98. The highest BCUT2D eigenvalue weighted by atomic mass is 16.2. The molecule has 0 spiro atoms. The fourth-order valence-corrected chi connectivity index (χ4v) is 1.13. The summed E-state index contributed by atoms with van der Waals surface area (Å²) < 4.78 is 0. The van der Waals surface area contributed by atoms with Gasteiger partial charge in [0, 0.05) is 19.4 Å². The smallest absolute Gasteiger partial charge is 0.229 e. The van der Waals surface area contributed by atoms with Gasteiger partial charge in [-0.2, -0.15) is 0 Å². The highest BCUT2D eigenvalue weighted by molar-refractivity contribution is 5.97. The maximum atomic E-state index is 11.1. The van der Waals surface area contributed by atoms with Crippen molar-refractivity contribution in [3.05, 3.63) is 12.7 Å². The van der Waals surface area contributed by atoms with Gasteiger partial charge >= 0.3 is 0 Å². The molecular weight excluding hydrogens is 142 g/mol. The Kier molecular flexibility index (Phi) is 2.41. The van der Waals surface area contributed by atoms with Gasteiger partial charge in [0.2, 0.25) is 11.8 Å². The van der Waals surface area contributed by atoms with Crippen LogP contribution in [-0.2, 0) is 9.59 Å². The lowest BCUT2D eigenvalue weighted by molar-refractivity contribution is -0.147. The Morgan fingerprint density at radius 1 is 1.36 bits per heavy atom. The third-order valence-electron chi connectivity index (χ3n) is 1.70. The minimum Gasteiger partial charge on any atom is -0.279 e. The van der Waals surface area contributed by atoms with E-state index in [0.29, 0.717) is 25.8 Å². The number of likely N-dealkylation sites (tertiary alicyclic amines) is 1. The summed E-state index contributed by atoms with van der Waals surface area (Å²) in [6, 6.07) is 0. The van der Waals surface area contributed by atoms with Crippen molar-refractivity contribution in [2.24, 2.45) is 0 Å². The van der Waals surface area contributed by atoms with Crippen LogP contribution in [0.25, 0.3) is 0 Å². The van der Waals surface area contributed by atoms with Crippen LogP contribution < -0.4 is 0 Å². The molecule has 2 amide bonds. The van der Waals surface area contributed by atoms with Crippen molar-refractivity contribution in [2.75, 3.05) is 6.54 Å². The van der Waals surface area contributed by atoms with Crippen molar-refractivity contribution in [1.29, 1.82) is 0 Å². The normalized spacial score (nSPS) is 18.7. The average Bonchev–Trinajstić information content (AvgIpc) is 1.97. The van der Waals surface area contributed by atoms with Crippen LogP contribution in [-0.4, -0.2) is 23.3 Å². The van der Waals surface area contributed by atoms with Gasteiger partial charge in [-0.15, -0.1) is 6.58 Å². The van der Waals surface area contributed by atoms with Crippen LogP contribution in [0.2, 0.25) is 0 Å². The van der Waals surface area contributed by atoms with E-state index >= 15 is 0 Å². The molecule has 1 heterocycles. The van der Waals surface area contributed by atoms with Gasteiger partial charge in [-0.25, -0.2) is 0 Å². The molecule has 60 valence electrons. The zero-order chi connectivity index (χ0) is 8.27. The standard InChI is InChI=1S/C8H11NO2/c1-2-6-9-7(10)4-3-5-8(9)11/h2H,1,3-6H2. The highest BCUT2D eigenvalue weighted by Gasteiger charge is 2.23. The molecule has 1 fully saturated rings. The summed E-state index contributed by atoms with van der Waals surface area (Å²) >= 11 is 0. The van der Waals surface area contributed by atoms with Crippen molar-refractivity contribution in [3.8, 4) is 0 Å². The molecule has 1 aliphatic rings. The van der Waals surface area contributed by atoms with E-state index in [-0.39, 0.29) is 11.8 Å². The minimum atomic E-state index is -0.0684. The van der Waals surface area contributed by atoms with E-state index in [1.54, 1.807) is 6.08 Å². The lowest BCUT2D eigenvalue weighted by Crippen LogP contribution is -2.39. The van der Waals surface area contributed by atoms with E-state index in [1.807, 2.05) is 0 Å². The van der Waals surface area contributed by atoms with E-state index in [2.05, 4.69) is 6.58 Å². The molecule has 0 aromatic heterocycles. The Bertz CT molecular complexity index is 182. The number of hydrogen-bond acceptors (Lipinski definition) is 2. The lowest BCUT2D eigenvalue weighted by atomic mass is 10.1. The zero-order valence-corrected chi connectivity index (χ0v) is 6.38. The molecule has 0 atom stereocenters. The van der Waals surface area contributed by atoms with Gasteiger partial charge in [0.15, 0.2) is 0 Å². The van der Waals surface area contributed by atoms with E-state index in [0.717, 1.165) is 0 Å². The van der Waals surface area contributed by atoms with Gasteiger partial charge in [-0.3, -0.25) is 14.5 Å². The maximum Gasteiger partial charge on any atom is 0.229 e. The number of hydrogen-bond donors (Lipinski definition) is 0. The van der Waals surface area contributed by atoms with Gasteiger partial charge in [0.25, 0.3) is 0 Å². The summed E-state index contributed by atoms with van der Waals surface area (Å²) in [7, 11) is 0. The molecule has 1 saturated heterocycles. The first-order valence-corrected chi connectivity index (χ1v) is 3.70. The Morgan fingerprint density at radius 3 is 2.36 bits per heavy atom. The first-order valence-electron chi connectivity index (χ1n) is 3.70. The summed E-state index contributed by atoms with van der Waals surface area (Å²) in [5, 5.41) is 0. The van der Waals surface area contributed by atoms with Crippen LogP contribution in [0.5, 0.6) is 0 Å². The Morgan fingerprint density at radius 2 is 1.91 bits per heavy atom. The number of nitrogens with zero attached hydrogens (tertiary/aromatic N) is 1. The Balaban J connectivity index is 2.62. The van der Waals surface area contributed by atoms with Crippen LogP contribution >= 0.6 is 0 Å². The minimum absolute atomic E-state index is 0.0684. The monoisotopic (exact) mass is 153 g/mol. The summed E-state index contributed by atoms with van der Waals surface area (Å²) in [6.45, 7) is 3.84. The van der Waals surface area contributed by atoms with Crippen molar-refractivity contribution >= 4 is 11.8 Å². The third kappa shape index (κ3) is 1.67. The number of amides is 2. The van der Waals surface area contributed by atoms with Crippen molar-refractivity contribution < 1.29 is 9.59 Å². The van der Waals surface area contributed by atoms with Crippen LogP contribution in [0, 0.1) is 0 Å². The molecule has 0 N–H and O–H groups in total. The lowest BCUT2D eigenvalue weighted by Gasteiger charge is -2.22. The van der Waals surface area contributed by atoms with Crippen LogP contribution in [0.1, 0.15) is 19.3 Å². The second-order valence-electron chi connectivity index (χ2n) is 2.54. The predicted octanol–water partition coefficient (Wildman–Crippen LogP) is 0.712. The van der Waals surface area contributed by atoms with E-state index in [1.165, 1.54) is 4.90 Å². The molecule has 11 heavy (non-hydrogen) atoms. The largest absolute Gasteiger partial charge is 0.279 e. The molecule has 1 rings (SSSR count). The molecule has 0 aromatic carbocycles. The molecule has 0 bridgehead atoms. The van der Waals surface area contributed by atoms with E-state index in [9.17, 15) is 9.59 Å². The molecule has 1 aliphatic heterocycles. The number of carbonyl (C=O) groups excluding carboxylic acids is 2. The Hall–Kier alpha value is -1.12. The van der Waals surface area contributed by atoms with Gasteiger partial charge in [0.1, 0.15) is 0 Å². The van der Waals surface area contributed by atoms with Gasteiger partial charge in [0.05, 0.1) is 0 Å². The fourth-order valence-electron chi connectivity index (χ4n) is 1.13. The maximum absolute atomic E-state index is 11.1. The third-order valence-corrected chi connectivity index (χ3v) is 1.70. The van der Waals surface area contributed by atoms with Gasteiger partial charge < -0.3 is 0 Å². The van der Waals surface area contributed by atoms with Crippen LogP contribution in [0.15, 0.2) is 12.7 Å². The van der Waals surface area contributed by atoms with Crippen molar-refractivity contribution in [2.45, 2.75) is 19.3 Å². The number of carbonyl (C=O) groups is 2. The summed E-state index contributed by atoms with van der Waals surface area (Å²) in [6.07, 6.45) is 3.27.